The molecule has 1 saturated heterocycles. The molecule has 1 aliphatic heterocycles. The SMILES string of the molecule is CN(C)CCNc1n[nH]c2ccc3nc(-c4cn(C5CN(c6n[nH]c7ccc8nc(-c9cn[nH]c9C(F)(F)F)c9c(c8c67)CCCC9)CCO5)nc4C(F)(F)F)c4c(c3c12)CCCC4. The molecule has 3 aliphatic rings. The maximum absolute atomic E-state index is 15.2. The lowest BCUT2D eigenvalue weighted by molar-refractivity contribution is -0.142. The lowest BCUT2D eigenvalue weighted by Gasteiger charge is -2.33. The van der Waals surface area contributed by atoms with E-state index in [-0.39, 0.29) is 35.7 Å². The van der Waals surface area contributed by atoms with Gasteiger partial charge in [-0.05, 0) is 112 Å². The van der Waals surface area contributed by atoms with Crippen LogP contribution in [-0.2, 0) is 42.8 Å². The number of rotatable bonds is 8. The molecule has 7 heterocycles. The summed E-state index contributed by atoms with van der Waals surface area (Å²) in [5.74, 6) is 1.23. The molecule has 1 unspecified atom stereocenters. The minimum atomic E-state index is -4.80. The molecule has 2 aromatic carbocycles. The predicted octanol–water partition coefficient (Wildman–Crippen LogP) is 8.59. The molecule has 64 heavy (non-hydrogen) atoms. The Balaban J connectivity index is 0.989. The molecule has 11 rings (SSSR count). The molecule has 0 bridgehead atoms. The van der Waals surface area contributed by atoms with E-state index in [9.17, 15) is 13.2 Å². The molecule has 6 aromatic heterocycles. The number of nitrogens with one attached hydrogen (secondary N) is 4. The lowest BCUT2D eigenvalue weighted by Crippen LogP contribution is -2.41. The van der Waals surface area contributed by atoms with Crippen LogP contribution < -0.4 is 10.2 Å². The summed E-state index contributed by atoms with van der Waals surface area (Å²) in [5.41, 5.74) is 4.31. The van der Waals surface area contributed by atoms with Crippen molar-refractivity contribution < 1.29 is 31.1 Å². The molecule has 1 fully saturated rings. The fraction of sp³-hybridized carbons (Fsp3) is 0.409. The molecule has 8 aromatic rings. The predicted molar refractivity (Wildman–Crippen MR) is 229 cm³/mol. The van der Waals surface area contributed by atoms with Gasteiger partial charge in [0.25, 0.3) is 0 Å². The second-order valence-electron chi connectivity index (χ2n) is 17.2. The Bertz CT molecular complexity index is 3110. The number of ether oxygens (including phenoxy) is 1. The number of aromatic nitrogens is 10. The minimum Gasteiger partial charge on any atom is -0.367 e. The van der Waals surface area contributed by atoms with E-state index in [4.69, 9.17) is 19.8 Å². The van der Waals surface area contributed by atoms with Crippen molar-refractivity contribution in [1.82, 2.24) is 55.2 Å². The topological polar surface area (TPSA) is 157 Å². The zero-order chi connectivity index (χ0) is 44.1. The standard InChI is InChI=1S/C44H43F6N13O/c1-61(2)16-15-51-41-35-30(55-58-41)13-11-28-33(35)22-7-3-6-10-25(22)38(54-28)27-20-63(60-40(27)44(48,49)50)32-21-62(17-18-64-32)42-36-31(56-59-42)14-12-29-34(36)23-8-4-5-9-24(23)37(53-29)26-19-52-57-39(26)43(45,46)47/h11-14,19-20,32H,3-10,15-18,21H2,1-2H3,(H,52,57)(H,56,59)(H2,51,55,58). The van der Waals surface area contributed by atoms with Gasteiger partial charge in [-0.1, -0.05) is 0 Å². The Hall–Kier alpha value is -6.28. The van der Waals surface area contributed by atoms with E-state index in [2.05, 4.69) is 40.8 Å². The Morgan fingerprint density at radius 1 is 0.750 bits per heavy atom. The van der Waals surface area contributed by atoms with Gasteiger partial charge < -0.3 is 19.9 Å². The van der Waals surface area contributed by atoms with Crippen LogP contribution in [-0.4, -0.2) is 102 Å². The smallest absolute Gasteiger partial charge is 0.367 e. The first kappa shape index (κ1) is 40.5. The summed E-state index contributed by atoms with van der Waals surface area (Å²) in [7, 11) is 3.98. The maximum atomic E-state index is 15.2. The number of hydrogen-bond donors (Lipinski definition) is 4. The summed E-state index contributed by atoms with van der Waals surface area (Å²) in [6.07, 6.45) is -2.04. The first-order valence-corrected chi connectivity index (χ1v) is 21.5. The third-order valence-corrected chi connectivity index (χ3v) is 12.9. The number of pyridine rings is 2. The van der Waals surface area contributed by atoms with Crippen LogP contribution in [0.2, 0.25) is 0 Å². The highest BCUT2D eigenvalue weighted by atomic mass is 19.4. The fourth-order valence-corrected chi connectivity index (χ4v) is 10.0. The van der Waals surface area contributed by atoms with Crippen LogP contribution in [0.4, 0.5) is 38.0 Å². The molecule has 2 aliphatic carbocycles. The average Bonchev–Trinajstić information content (AvgIpc) is 4.11. The number of nitrogens with zero attached hydrogens (tertiary/aromatic N) is 9. The van der Waals surface area contributed by atoms with Crippen molar-refractivity contribution in [3.8, 4) is 22.5 Å². The Labute approximate surface area is 360 Å². The molecule has 20 heteroatoms. The van der Waals surface area contributed by atoms with Gasteiger partial charge in [0, 0.05) is 36.6 Å². The van der Waals surface area contributed by atoms with E-state index in [1.165, 1.54) is 17.1 Å². The summed E-state index contributed by atoms with van der Waals surface area (Å²) >= 11 is 0. The van der Waals surface area contributed by atoms with Crippen LogP contribution in [0.3, 0.4) is 0 Å². The van der Waals surface area contributed by atoms with Crippen molar-refractivity contribution in [3.63, 3.8) is 0 Å². The van der Waals surface area contributed by atoms with Crippen LogP contribution in [0, 0.1) is 0 Å². The molecule has 0 radical (unpaired) electrons. The zero-order valence-electron chi connectivity index (χ0n) is 34.9. The van der Waals surface area contributed by atoms with E-state index in [0.29, 0.717) is 67.0 Å². The number of anilines is 2. The quantitative estimate of drug-likeness (QED) is 0.109. The highest BCUT2D eigenvalue weighted by Crippen LogP contribution is 2.46. The Morgan fingerprint density at radius 2 is 1.38 bits per heavy atom. The van der Waals surface area contributed by atoms with Crippen molar-refractivity contribution in [2.45, 2.75) is 69.9 Å². The highest BCUT2D eigenvalue weighted by Gasteiger charge is 2.41. The fourth-order valence-electron chi connectivity index (χ4n) is 10.0. The maximum Gasteiger partial charge on any atom is 0.435 e. The number of fused-ring (bicyclic) bond motifs is 10. The van der Waals surface area contributed by atoms with Crippen LogP contribution in [0.1, 0.15) is 65.6 Å². The molecule has 0 amide bonds. The van der Waals surface area contributed by atoms with Crippen LogP contribution in [0.15, 0.2) is 36.7 Å². The summed E-state index contributed by atoms with van der Waals surface area (Å²) in [5, 5.41) is 32.3. The van der Waals surface area contributed by atoms with E-state index >= 15 is 13.2 Å². The van der Waals surface area contributed by atoms with Gasteiger partial charge in [-0.2, -0.15) is 46.7 Å². The number of likely N-dealkylation sites (N-methyl/N-ethyl adjacent to an activating group) is 1. The molecular formula is C44H43F6N13O. The van der Waals surface area contributed by atoms with Gasteiger partial charge in [-0.3, -0.25) is 15.3 Å². The molecule has 332 valence electrons. The number of H-pyrrole nitrogens is 3. The van der Waals surface area contributed by atoms with Crippen LogP contribution in [0.5, 0.6) is 0 Å². The van der Waals surface area contributed by atoms with Gasteiger partial charge >= 0.3 is 12.4 Å². The molecule has 4 N–H and O–H groups in total. The Kier molecular flexibility index (Phi) is 9.60. The van der Waals surface area contributed by atoms with Crippen molar-refractivity contribution in [2.24, 2.45) is 0 Å². The number of aryl methyl sites for hydroxylation is 2. The van der Waals surface area contributed by atoms with E-state index in [0.717, 1.165) is 81.5 Å². The average molecular weight is 884 g/mol. The number of aromatic amines is 3. The van der Waals surface area contributed by atoms with Crippen LogP contribution in [0.25, 0.3) is 66.1 Å². The normalized spacial score (nSPS) is 17.3. The minimum absolute atomic E-state index is 0.0971. The highest BCUT2D eigenvalue weighted by molar-refractivity contribution is 6.14. The van der Waals surface area contributed by atoms with Gasteiger partial charge in [0.2, 0.25) is 0 Å². The third-order valence-electron chi connectivity index (χ3n) is 12.9. The lowest BCUT2D eigenvalue weighted by atomic mass is 9.85. The van der Waals surface area contributed by atoms with Gasteiger partial charge in [0.05, 0.1) is 74.7 Å². The molecular weight excluding hydrogens is 841 g/mol. The van der Waals surface area contributed by atoms with E-state index in [1.807, 2.05) is 31.1 Å². The van der Waals surface area contributed by atoms with Crippen molar-refractivity contribution >= 4 is 55.2 Å². The molecule has 0 saturated carbocycles. The largest absolute Gasteiger partial charge is 0.435 e. The molecule has 1 atom stereocenters. The van der Waals surface area contributed by atoms with Crippen molar-refractivity contribution in [1.29, 1.82) is 0 Å². The molecule has 14 nitrogen and oxygen atoms in total. The second-order valence-corrected chi connectivity index (χ2v) is 17.2. The summed E-state index contributed by atoms with van der Waals surface area (Å²) in [4.78, 5) is 13.9. The first-order chi connectivity index (χ1) is 30.8. The summed E-state index contributed by atoms with van der Waals surface area (Å²) in [6, 6.07) is 7.27. The van der Waals surface area contributed by atoms with E-state index in [1.54, 1.807) is 12.1 Å². The first-order valence-electron chi connectivity index (χ1n) is 21.5. The van der Waals surface area contributed by atoms with E-state index < -0.39 is 30.0 Å². The number of halogens is 6. The van der Waals surface area contributed by atoms with Crippen LogP contribution >= 0.6 is 0 Å². The zero-order valence-corrected chi connectivity index (χ0v) is 34.9. The monoisotopic (exact) mass is 883 g/mol. The molecule has 0 spiro atoms. The number of benzene rings is 2. The van der Waals surface area contributed by atoms with Crippen molar-refractivity contribution in [2.75, 3.05) is 57.1 Å². The number of alkyl halides is 6. The van der Waals surface area contributed by atoms with Gasteiger partial charge in [-0.25, -0.2) is 14.6 Å². The van der Waals surface area contributed by atoms with Gasteiger partial charge in [0.15, 0.2) is 23.6 Å². The Morgan fingerprint density at radius 3 is 2.03 bits per heavy atom. The van der Waals surface area contributed by atoms with Gasteiger partial charge in [-0.15, -0.1) is 0 Å². The third kappa shape index (κ3) is 6.71. The second kappa shape index (κ2) is 15.2. The summed E-state index contributed by atoms with van der Waals surface area (Å²) in [6.45, 7) is 2.08. The number of morpholine rings is 1. The van der Waals surface area contributed by atoms with Gasteiger partial charge in [0.1, 0.15) is 5.69 Å². The van der Waals surface area contributed by atoms with Crippen molar-refractivity contribution in [3.05, 3.63) is 70.3 Å². The number of hydrogen-bond acceptors (Lipinski definition) is 10. The summed E-state index contributed by atoms with van der Waals surface area (Å²) < 4.78 is 95.1.